The summed E-state index contributed by atoms with van der Waals surface area (Å²) >= 11 is 0. The highest BCUT2D eigenvalue weighted by atomic mass is 16.4. The van der Waals surface area contributed by atoms with Crippen LogP contribution in [0.3, 0.4) is 0 Å². The van der Waals surface area contributed by atoms with E-state index in [1.165, 1.54) is 6.08 Å². The van der Waals surface area contributed by atoms with Crippen LogP contribution in [0.4, 0.5) is 0 Å². The van der Waals surface area contributed by atoms with Gasteiger partial charge in [0.05, 0.1) is 5.57 Å². The van der Waals surface area contributed by atoms with Gasteiger partial charge in [-0.15, -0.1) is 0 Å². The average molecular weight is 359 g/mol. The SMILES string of the molecule is C[C@H]1C=C[C@H]2CCCC[C@@H]2[C@H]1C(=O)C1=C[C@]2(O)[C@H](C(=O)O)CCN2C1=O. The number of aliphatic hydroxyl groups is 1. The fourth-order valence-electron chi connectivity index (χ4n) is 5.50. The zero-order chi connectivity index (χ0) is 18.6. The topological polar surface area (TPSA) is 94.9 Å². The van der Waals surface area contributed by atoms with Crippen molar-refractivity contribution in [1.29, 1.82) is 0 Å². The van der Waals surface area contributed by atoms with Gasteiger partial charge >= 0.3 is 5.97 Å². The van der Waals surface area contributed by atoms with Gasteiger partial charge in [0.2, 0.25) is 0 Å². The Kier molecular flexibility index (Phi) is 4.06. The van der Waals surface area contributed by atoms with Gasteiger partial charge in [-0.1, -0.05) is 31.9 Å². The number of carboxylic acids is 1. The number of fused-ring (bicyclic) bond motifs is 2. The number of amides is 1. The van der Waals surface area contributed by atoms with Gasteiger partial charge in [-0.05, 0) is 43.1 Å². The van der Waals surface area contributed by atoms with Crippen molar-refractivity contribution >= 4 is 17.7 Å². The Morgan fingerprint density at radius 2 is 1.92 bits per heavy atom. The van der Waals surface area contributed by atoms with Crippen molar-refractivity contribution < 1.29 is 24.6 Å². The third kappa shape index (κ3) is 2.38. The predicted octanol–water partition coefficient (Wildman–Crippen LogP) is 1.75. The van der Waals surface area contributed by atoms with E-state index in [9.17, 15) is 24.6 Å². The molecule has 2 aliphatic heterocycles. The van der Waals surface area contributed by atoms with Gasteiger partial charge < -0.3 is 15.1 Å². The number of carbonyl (C=O) groups is 3. The molecule has 4 aliphatic rings. The van der Waals surface area contributed by atoms with Crippen LogP contribution in [0, 0.1) is 29.6 Å². The van der Waals surface area contributed by atoms with Crippen LogP contribution in [-0.2, 0) is 14.4 Å². The molecular formula is C20H25NO5. The molecule has 2 N–H and O–H groups in total. The number of aliphatic carboxylic acids is 1. The normalized spacial score (nSPS) is 41.6. The lowest BCUT2D eigenvalue weighted by molar-refractivity contribution is -0.156. The van der Waals surface area contributed by atoms with Crippen LogP contribution in [0.1, 0.15) is 39.0 Å². The summed E-state index contributed by atoms with van der Waals surface area (Å²) in [5.74, 6) is -2.60. The van der Waals surface area contributed by atoms with Crippen molar-refractivity contribution in [2.45, 2.75) is 44.8 Å². The van der Waals surface area contributed by atoms with E-state index in [1.54, 1.807) is 0 Å². The third-order valence-corrected chi connectivity index (χ3v) is 6.85. The zero-order valence-electron chi connectivity index (χ0n) is 14.9. The number of nitrogens with zero attached hydrogens (tertiary/aromatic N) is 1. The lowest BCUT2D eigenvalue weighted by Crippen LogP contribution is -2.47. The lowest BCUT2D eigenvalue weighted by Gasteiger charge is -2.40. The van der Waals surface area contributed by atoms with Gasteiger partial charge in [0.25, 0.3) is 5.91 Å². The first-order valence-corrected chi connectivity index (χ1v) is 9.57. The first-order chi connectivity index (χ1) is 12.3. The number of allylic oxidation sites excluding steroid dienone is 2. The molecule has 4 rings (SSSR count). The number of ketones is 1. The molecule has 1 saturated heterocycles. The van der Waals surface area contributed by atoms with E-state index in [2.05, 4.69) is 12.2 Å². The first kappa shape index (κ1) is 17.5. The molecule has 1 saturated carbocycles. The van der Waals surface area contributed by atoms with E-state index >= 15 is 0 Å². The van der Waals surface area contributed by atoms with Crippen LogP contribution in [0.15, 0.2) is 23.8 Å². The molecule has 1 amide bonds. The third-order valence-electron chi connectivity index (χ3n) is 6.85. The highest BCUT2D eigenvalue weighted by Gasteiger charge is 2.58. The monoisotopic (exact) mass is 359 g/mol. The van der Waals surface area contributed by atoms with E-state index in [0.29, 0.717) is 5.92 Å². The summed E-state index contributed by atoms with van der Waals surface area (Å²) in [6, 6.07) is 0. The van der Waals surface area contributed by atoms with Crippen molar-refractivity contribution in [3.63, 3.8) is 0 Å². The molecule has 26 heavy (non-hydrogen) atoms. The fourth-order valence-corrected chi connectivity index (χ4v) is 5.50. The molecule has 2 aliphatic carbocycles. The summed E-state index contributed by atoms with van der Waals surface area (Å²) in [4.78, 5) is 38.7. The Bertz CT molecular complexity index is 726. The molecule has 140 valence electrons. The lowest BCUT2D eigenvalue weighted by atomic mass is 9.63. The van der Waals surface area contributed by atoms with Crippen molar-refractivity contribution in [1.82, 2.24) is 4.90 Å². The van der Waals surface area contributed by atoms with E-state index < -0.39 is 23.5 Å². The van der Waals surface area contributed by atoms with Gasteiger partial charge in [0.15, 0.2) is 11.5 Å². The van der Waals surface area contributed by atoms with Gasteiger partial charge in [0.1, 0.15) is 5.92 Å². The maximum absolute atomic E-state index is 13.3. The van der Waals surface area contributed by atoms with E-state index in [4.69, 9.17) is 0 Å². The summed E-state index contributed by atoms with van der Waals surface area (Å²) in [6.45, 7) is 2.16. The van der Waals surface area contributed by atoms with Crippen LogP contribution in [-0.4, -0.2) is 45.0 Å². The second kappa shape index (κ2) is 6.05. The molecular weight excluding hydrogens is 334 g/mol. The molecule has 2 fully saturated rings. The second-order valence-electron chi connectivity index (χ2n) is 8.22. The molecule has 0 aromatic heterocycles. The van der Waals surface area contributed by atoms with E-state index in [0.717, 1.165) is 30.6 Å². The molecule has 2 heterocycles. The Hall–Kier alpha value is -1.95. The maximum Gasteiger partial charge on any atom is 0.311 e. The van der Waals surface area contributed by atoms with Gasteiger partial charge in [-0.25, -0.2) is 0 Å². The van der Waals surface area contributed by atoms with Gasteiger partial charge in [-0.3, -0.25) is 14.4 Å². The Balaban J connectivity index is 1.67. The quantitative estimate of drug-likeness (QED) is 0.591. The van der Waals surface area contributed by atoms with Crippen LogP contribution in [0.2, 0.25) is 0 Å². The number of carboxylic acid groups (broad SMARTS) is 1. The molecule has 0 bridgehead atoms. The zero-order valence-corrected chi connectivity index (χ0v) is 14.9. The van der Waals surface area contributed by atoms with Crippen molar-refractivity contribution in [3.8, 4) is 0 Å². The van der Waals surface area contributed by atoms with E-state index in [-0.39, 0.29) is 42.1 Å². The molecule has 0 aromatic rings. The Morgan fingerprint density at radius 1 is 1.19 bits per heavy atom. The van der Waals surface area contributed by atoms with E-state index in [1.807, 2.05) is 6.92 Å². The predicted molar refractivity (Wildman–Crippen MR) is 92.7 cm³/mol. The largest absolute Gasteiger partial charge is 0.481 e. The molecule has 6 nitrogen and oxygen atoms in total. The Labute approximate surface area is 152 Å². The summed E-state index contributed by atoms with van der Waals surface area (Å²) < 4.78 is 0. The highest BCUT2D eigenvalue weighted by molar-refractivity contribution is 6.22. The van der Waals surface area contributed by atoms with Crippen LogP contribution in [0.25, 0.3) is 0 Å². The van der Waals surface area contributed by atoms with Gasteiger partial charge in [-0.2, -0.15) is 0 Å². The minimum absolute atomic E-state index is 0.0186. The standard InChI is InChI=1S/C20H25NO5/c1-11-6-7-12-4-2-3-5-13(12)16(11)17(22)14-10-20(26)15(19(24)25)8-9-21(20)18(14)23/h6-7,10-13,15-16,26H,2-5,8-9H2,1H3,(H,24,25)/t11-,12+,13-,15-,16-,20-/m0/s1. The fraction of sp³-hybridized carbons (Fsp3) is 0.650. The highest BCUT2D eigenvalue weighted by Crippen LogP contribution is 2.46. The molecule has 0 aromatic carbocycles. The van der Waals surface area contributed by atoms with Gasteiger partial charge in [0, 0.05) is 12.5 Å². The van der Waals surface area contributed by atoms with Crippen molar-refractivity contribution in [2.75, 3.05) is 6.54 Å². The minimum Gasteiger partial charge on any atom is -0.481 e. The summed E-state index contributed by atoms with van der Waals surface area (Å²) in [7, 11) is 0. The number of carbonyl (C=O) groups excluding carboxylic acids is 2. The van der Waals surface area contributed by atoms with Crippen LogP contribution < -0.4 is 0 Å². The smallest absolute Gasteiger partial charge is 0.311 e. The number of Topliss-reactive ketones (excluding diaryl/α,β-unsaturated/α-hetero) is 1. The van der Waals surface area contributed by atoms with Crippen LogP contribution >= 0.6 is 0 Å². The number of rotatable bonds is 3. The molecule has 0 radical (unpaired) electrons. The maximum atomic E-state index is 13.3. The van der Waals surface area contributed by atoms with Crippen molar-refractivity contribution in [2.24, 2.45) is 29.6 Å². The number of hydrogen-bond acceptors (Lipinski definition) is 4. The van der Waals surface area contributed by atoms with Crippen molar-refractivity contribution in [3.05, 3.63) is 23.8 Å². The Morgan fingerprint density at radius 3 is 2.65 bits per heavy atom. The molecule has 6 heteroatoms. The first-order valence-electron chi connectivity index (χ1n) is 9.57. The molecule has 0 spiro atoms. The summed E-state index contributed by atoms with van der Waals surface area (Å²) in [5, 5.41) is 20.2. The number of hydrogen-bond donors (Lipinski definition) is 2. The second-order valence-corrected chi connectivity index (χ2v) is 8.22. The summed E-state index contributed by atoms with van der Waals surface area (Å²) in [5.41, 5.74) is -1.89. The molecule has 0 unspecified atom stereocenters. The summed E-state index contributed by atoms with van der Waals surface area (Å²) in [6.07, 6.45) is 10.0. The average Bonchev–Trinajstić information content (AvgIpc) is 3.07. The van der Waals surface area contributed by atoms with Crippen LogP contribution in [0.5, 0.6) is 0 Å². The molecule has 6 atom stereocenters. The minimum atomic E-state index is -1.87.